The van der Waals surface area contributed by atoms with Crippen LogP contribution in [0.25, 0.3) is 0 Å². The summed E-state index contributed by atoms with van der Waals surface area (Å²) in [7, 11) is 0. The van der Waals surface area contributed by atoms with Crippen molar-refractivity contribution in [2.45, 2.75) is 19.8 Å². The Morgan fingerprint density at radius 3 is 2.94 bits per heavy atom. The molecule has 0 amide bonds. The van der Waals surface area contributed by atoms with Crippen LogP contribution in [0, 0.1) is 0 Å². The Morgan fingerprint density at radius 1 is 1.31 bits per heavy atom. The van der Waals surface area contributed by atoms with E-state index < -0.39 is 0 Å². The number of rotatable bonds is 6. The Balaban J connectivity index is 1.87. The van der Waals surface area contributed by atoms with Crippen LogP contribution in [0.1, 0.15) is 21.8 Å². The summed E-state index contributed by atoms with van der Waals surface area (Å²) >= 11 is 3.50. The van der Waals surface area contributed by atoms with E-state index in [1.807, 2.05) is 0 Å². The van der Waals surface area contributed by atoms with E-state index in [9.17, 15) is 0 Å². The first-order valence-electron chi connectivity index (χ1n) is 5.43. The summed E-state index contributed by atoms with van der Waals surface area (Å²) in [4.78, 5) is 1.36. The van der Waals surface area contributed by atoms with Gasteiger partial charge in [-0.25, -0.2) is 0 Å². The van der Waals surface area contributed by atoms with E-state index in [1.165, 1.54) is 4.88 Å². The maximum absolute atomic E-state index is 4.22. The lowest BCUT2D eigenvalue weighted by Gasteiger charge is -1.95. The van der Waals surface area contributed by atoms with Crippen molar-refractivity contribution in [2.75, 3.05) is 13.1 Å². The van der Waals surface area contributed by atoms with E-state index in [0.29, 0.717) is 0 Å². The standard InChI is InChI=1S/C11H15N3S2/c1-2-12-6-5-10-13-14-11(16-10)8-9-4-3-7-15-9/h3-4,7,12H,2,5-6,8H2,1H3. The second kappa shape index (κ2) is 6.08. The number of hydrogen-bond donors (Lipinski definition) is 1. The SMILES string of the molecule is CCNCCc1nnc(Cc2cccs2)s1. The first kappa shape index (κ1) is 11.7. The molecule has 86 valence electrons. The lowest BCUT2D eigenvalue weighted by molar-refractivity contribution is 0.710. The molecule has 16 heavy (non-hydrogen) atoms. The van der Waals surface area contributed by atoms with Crippen molar-refractivity contribution >= 4 is 22.7 Å². The van der Waals surface area contributed by atoms with Crippen LogP contribution in [0.2, 0.25) is 0 Å². The molecule has 5 heteroatoms. The van der Waals surface area contributed by atoms with E-state index in [4.69, 9.17) is 0 Å². The van der Waals surface area contributed by atoms with Crippen LogP contribution in [0.15, 0.2) is 17.5 Å². The highest BCUT2D eigenvalue weighted by atomic mass is 32.1. The second-order valence-corrected chi connectivity index (χ2v) is 5.63. The molecule has 1 N–H and O–H groups in total. The molecule has 0 unspecified atom stereocenters. The van der Waals surface area contributed by atoms with E-state index in [-0.39, 0.29) is 0 Å². The van der Waals surface area contributed by atoms with Gasteiger partial charge in [0.15, 0.2) is 0 Å². The third kappa shape index (κ3) is 3.37. The second-order valence-electron chi connectivity index (χ2n) is 3.45. The largest absolute Gasteiger partial charge is 0.317 e. The van der Waals surface area contributed by atoms with Crippen LogP contribution < -0.4 is 5.32 Å². The van der Waals surface area contributed by atoms with Crippen molar-refractivity contribution in [1.82, 2.24) is 15.5 Å². The van der Waals surface area contributed by atoms with Gasteiger partial charge in [0, 0.05) is 24.3 Å². The van der Waals surface area contributed by atoms with Gasteiger partial charge in [0.2, 0.25) is 0 Å². The first-order chi connectivity index (χ1) is 7.88. The monoisotopic (exact) mass is 253 g/mol. The summed E-state index contributed by atoms with van der Waals surface area (Å²) in [6, 6.07) is 4.22. The van der Waals surface area contributed by atoms with Gasteiger partial charge in [-0.1, -0.05) is 13.0 Å². The van der Waals surface area contributed by atoms with Gasteiger partial charge in [-0.15, -0.1) is 32.9 Å². The number of likely N-dealkylation sites (N-methyl/N-ethyl adjacent to an activating group) is 1. The van der Waals surface area contributed by atoms with Gasteiger partial charge in [-0.05, 0) is 18.0 Å². The average Bonchev–Trinajstić information content (AvgIpc) is 2.91. The van der Waals surface area contributed by atoms with E-state index in [2.05, 4.69) is 40.0 Å². The Kier molecular flexibility index (Phi) is 4.44. The summed E-state index contributed by atoms with van der Waals surface area (Å²) < 4.78 is 0. The highest BCUT2D eigenvalue weighted by Gasteiger charge is 2.05. The molecule has 0 saturated heterocycles. The Morgan fingerprint density at radius 2 is 2.19 bits per heavy atom. The summed E-state index contributed by atoms with van der Waals surface area (Å²) in [5, 5.41) is 16.1. The number of hydrogen-bond acceptors (Lipinski definition) is 5. The molecular weight excluding hydrogens is 238 g/mol. The number of nitrogens with one attached hydrogen (secondary N) is 1. The lowest BCUT2D eigenvalue weighted by Crippen LogP contribution is -2.15. The minimum atomic E-state index is 0.927. The molecule has 2 rings (SSSR count). The van der Waals surface area contributed by atoms with Crippen molar-refractivity contribution in [3.8, 4) is 0 Å². The third-order valence-corrected chi connectivity index (χ3v) is 4.04. The van der Waals surface area contributed by atoms with Crippen LogP contribution in [-0.4, -0.2) is 23.3 Å². The topological polar surface area (TPSA) is 37.8 Å². The highest BCUT2D eigenvalue weighted by molar-refractivity contribution is 7.12. The van der Waals surface area contributed by atoms with Crippen LogP contribution in [0.5, 0.6) is 0 Å². The molecule has 0 bridgehead atoms. The molecule has 0 aromatic carbocycles. The zero-order chi connectivity index (χ0) is 11.2. The maximum Gasteiger partial charge on any atom is 0.122 e. The number of thiophene rings is 1. The molecule has 0 saturated carbocycles. The molecule has 0 radical (unpaired) electrons. The van der Waals surface area contributed by atoms with Crippen LogP contribution in [0.3, 0.4) is 0 Å². The molecule has 0 aliphatic heterocycles. The van der Waals surface area contributed by atoms with Gasteiger partial charge in [-0.2, -0.15) is 0 Å². The summed E-state index contributed by atoms with van der Waals surface area (Å²) in [5.41, 5.74) is 0. The Bertz CT molecular complexity index is 409. The quantitative estimate of drug-likeness (QED) is 0.803. The van der Waals surface area contributed by atoms with Gasteiger partial charge in [-0.3, -0.25) is 0 Å². The van der Waals surface area contributed by atoms with E-state index in [0.717, 1.165) is 35.9 Å². The van der Waals surface area contributed by atoms with Gasteiger partial charge < -0.3 is 5.32 Å². The molecule has 2 aromatic rings. The Hall–Kier alpha value is -0.780. The molecule has 2 heterocycles. The minimum absolute atomic E-state index is 0.927. The molecule has 0 aliphatic carbocycles. The van der Waals surface area contributed by atoms with E-state index >= 15 is 0 Å². The van der Waals surface area contributed by atoms with Crippen molar-refractivity contribution in [3.63, 3.8) is 0 Å². The summed E-state index contributed by atoms with van der Waals surface area (Å²) in [5.74, 6) is 0. The normalized spacial score (nSPS) is 10.8. The first-order valence-corrected chi connectivity index (χ1v) is 7.12. The van der Waals surface area contributed by atoms with Crippen LogP contribution in [-0.2, 0) is 12.8 Å². The zero-order valence-electron chi connectivity index (χ0n) is 9.27. The molecule has 0 aliphatic rings. The summed E-state index contributed by atoms with van der Waals surface area (Å²) in [6.45, 7) is 4.12. The minimum Gasteiger partial charge on any atom is -0.317 e. The van der Waals surface area contributed by atoms with Crippen molar-refractivity contribution < 1.29 is 0 Å². The number of aromatic nitrogens is 2. The highest BCUT2D eigenvalue weighted by Crippen LogP contribution is 2.17. The lowest BCUT2D eigenvalue weighted by atomic mass is 10.4. The van der Waals surface area contributed by atoms with Gasteiger partial charge in [0.05, 0.1) is 0 Å². The van der Waals surface area contributed by atoms with Crippen LogP contribution in [0.4, 0.5) is 0 Å². The fourth-order valence-electron chi connectivity index (χ4n) is 1.40. The zero-order valence-corrected chi connectivity index (χ0v) is 10.9. The summed E-state index contributed by atoms with van der Waals surface area (Å²) in [6.07, 6.45) is 1.91. The van der Waals surface area contributed by atoms with Crippen molar-refractivity contribution in [2.24, 2.45) is 0 Å². The Labute approximate surface area is 104 Å². The molecule has 0 fully saturated rings. The fourth-order valence-corrected chi connectivity index (χ4v) is 3.06. The smallest absolute Gasteiger partial charge is 0.122 e. The van der Waals surface area contributed by atoms with Gasteiger partial charge >= 0.3 is 0 Å². The van der Waals surface area contributed by atoms with Crippen molar-refractivity contribution in [1.29, 1.82) is 0 Å². The number of nitrogens with zero attached hydrogens (tertiary/aromatic N) is 2. The molecular formula is C11H15N3S2. The molecule has 2 aromatic heterocycles. The molecule has 3 nitrogen and oxygen atoms in total. The van der Waals surface area contributed by atoms with Gasteiger partial charge in [0.1, 0.15) is 10.0 Å². The van der Waals surface area contributed by atoms with Gasteiger partial charge in [0.25, 0.3) is 0 Å². The molecule has 0 atom stereocenters. The predicted octanol–water partition coefficient (Wildman–Crippen LogP) is 2.34. The maximum atomic E-state index is 4.22. The van der Waals surface area contributed by atoms with Crippen molar-refractivity contribution in [3.05, 3.63) is 32.4 Å². The third-order valence-electron chi connectivity index (χ3n) is 2.18. The van der Waals surface area contributed by atoms with Crippen LogP contribution >= 0.6 is 22.7 Å². The predicted molar refractivity (Wildman–Crippen MR) is 69.3 cm³/mol. The average molecular weight is 253 g/mol. The fraction of sp³-hybridized carbons (Fsp3) is 0.455. The molecule has 0 spiro atoms. The van der Waals surface area contributed by atoms with E-state index in [1.54, 1.807) is 22.7 Å².